The summed E-state index contributed by atoms with van der Waals surface area (Å²) in [5.41, 5.74) is 52.0. The first-order valence-electron chi connectivity index (χ1n) is 45.8. The second-order valence-corrected chi connectivity index (χ2v) is 35.6. The van der Waals surface area contributed by atoms with E-state index in [4.69, 9.17) is 0 Å². The monoisotopic (exact) mass is 1710 g/mol. The molecule has 0 unspecified atom stereocenters. The second-order valence-electron chi connectivity index (χ2n) is 35.6. The van der Waals surface area contributed by atoms with Crippen molar-refractivity contribution in [2.24, 2.45) is 0 Å². The predicted molar refractivity (Wildman–Crippen MR) is 545 cm³/mol. The van der Waals surface area contributed by atoms with Crippen LogP contribution in [-0.2, 0) is 16.2 Å². The number of benzene rings is 18. The highest BCUT2D eigenvalue weighted by Gasteiger charge is 2.55. The molecule has 0 fully saturated rings. The molecule has 3 heterocycles. The Bertz CT molecular complexity index is 7680. The van der Waals surface area contributed by atoms with Crippen LogP contribution in [0, 0.1) is 34.0 Å². The minimum absolute atomic E-state index is 0.377. The number of pyridine rings is 3. The van der Waals surface area contributed by atoms with Gasteiger partial charge in [0.15, 0.2) is 0 Å². The summed E-state index contributed by atoms with van der Waals surface area (Å²) in [6, 6.07) is 169. The molecule has 6 aliphatic rings. The zero-order valence-corrected chi connectivity index (χ0v) is 73.2. The molecule has 0 saturated carbocycles. The third kappa shape index (κ3) is 12.4. The molecule has 0 radical (unpaired) electrons. The number of aromatic nitrogens is 3. The van der Waals surface area contributed by atoms with Gasteiger partial charge in [-0.15, -0.1) is 0 Å². The molecule has 0 atom stereocenters. The number of hydrogen-bond acceptors (Lipinski definition) is 6. The van der Waals surface area contributed by atoms with Crippen molar-refractivity contribution in [2.75, 3.05) is 0 Å². The molecule has 3 spiro atoms. The van der Waals surface area contributed by atoms with Crippen molar-refractivity contribution in [1.82, 2.24) is 15.0 Å². The molecule has 624 valence electrons. The van der Waals surface area contributed by atoms with E-state index in [1.54, 1.807) is 24.7 Å². The van der Waals surface area contributed by atoms with E-state index < -0.39 is 0 Å². The summed E-state index contributed by atoms with van der Waals surface area (Å²) in [6.07, 6.45) is 6.83. The first-order valence-corrected chi connectivity index (χ1v) is 45.8. The van der Waals surface area contributed by atoms with Gasteiger partial charge in [-0.05, 0) is 302 Å². The molecule has 18 aromatic carbocycles. The fourth-order valence-corrected chi connectivity index (χ4v) is 23.0. The van der Waals surface area contributed by atoms with Crippen LogP contribution in [0.15, 0.2) is 474 Å². The Morgan fingerprint density at radius 1 is 0.163 bits per heavy atom. The fourth-order valence-electron chi connectivity index (χ4n) is 23.0. The Labute approximate surface area is 784 Å². The van der Waals surface area contributed by atoms with E-state index in [0.29, 0.717) is 16.8 Å². The van der Waals surface area contributed by atoms with Gasteiger partial charge in [0.1, 0.15) is 17.8 Å². The van der Waals surface area contributed by atoms with Crippen molar-refractivity contribution < 1.29 is 0 Å². The maximum absolute atomic E-state index is 9.44. The van der Waals surface area contributed by atoms with Crippen LogP contribution in [0.3, 0.4) is 0 Å². The molecule has 0 amide bonds. The Morgan fingerprint density at radius 3 is 0.748 bits per heavy atom. The number of fused-ring (bicyclic) bond motifs is 30. The molecular formula is C129H78N6. The van der Waals surface area contributed by atoms with Gasteiger partial charge in [0.05, 0.1) is 39.1 Å². The molecule has 0 N–H and O–H groups in total. The molecule has 6 heteroatoms. The molecule has 135 heavy (non-hydrogen) atoms. The number of nitrogens with zero attached hydrogens (tertiary/aromatic N) is 6. The predicted octanol–water partition coefficient (Wildman–Crippen LogP) is 30.9. The van der Waals surface area contributed by atoms with Crippen molar-refractivity contribution in [1.29, 1.82) is 15.8 Å². The maximum atomic E-state index is 9.44. The van der Waals surface area contributed by atoms with E-state index in [-0.39, 0.29) is 16.2 Å². The lowest BCUT2D eigenvalue weighted by molar-refractivity contribution is 0.794. The van der Waals surface area contributed by atoms with Gasteiger partial charge < -0.3 is 0 Å². The Morgan fingerprint density at radius 2 is 0.422 bits per heavy atom. The van der Waals surface area contributed by atoms with Crippen LogP contribution in [0.4, 0.5) is 0 Å². The minimum Gasteiger partial charge on any atom is -0.263 e. The average Bonchev–Trinajstić information content (AvgIpc) is 1.52. The zero-order valence-electron chi connectivity index (χ0n) is 73.2. The Balaban J connectivity index is 0.000000108. The van der Waals surface area contributed by atoms with Crippen LogP contribution < -0.4 is 0 Å². The third-order valence-electron chi connectivity index (χ3n) is 28.8. The zero-order chi connectivity index (χ0) is 89.9. The topological polar surface area (TPSA) is 110 Å². The molecule has 0 aliphatic heterocycles. The lowest BCUT2D eigenvalue weighted by atomic mass is 9.70. The van der Waals surface area contributed by atoms with Crippen molar-refractivity contribution in [3.63, 3.8) is 0 Å². The van der Waals surface area contributed by atoms with Crippen LogP contribution in [0.2, 0.25) is 0 Å². The summed E-state index contributed by atoms with van der Waals surface area (Å²) in [6.45, 7) is 0. The van der Waals surface area contributed by atoms with E-state index >= 15 is 0 Å². The normalized spacial score (nSPS) is 13.0. The highest BCUT2D eigenvalue weighted by atomic mass is 14.7. The van der Waals surface area contributed by atoms with Crippen molar-refractivity contribution in [2.45, 2.75) is 16.2 Å². The first-order chi connectivity index (χ1) is 66.8. The molecular weight excluding hydrogens is 1630 g/mol. The standard InChI is InChI=1S/3C43H26N2/c44-25-28-21-34(27-45-26-28)31-12-8-11-30(22-31)33-18-20-42-38(24-33)37-23-32(29-9-2-1-3-10-29)17-19-41(37)43(42)39-15-6-4-13-35(39)36-14-5-7-16-40(36)43;44-27-28-21-22-45-42(23-28)33-12-8-11-30(24-33)32-18-20-41-37(26-32)36-25-31(29-9-2-1-3-10-29)17-19-40(36)43(41)38-15-6-4-13-34(38)35-14-5-7-16-39(35)43;44-27-34-24-33(21-22-45-34)30-12-8-11-29(23-30)32-18-20-42-38(26-32)37-25-31(28-9-2-1-3-10-28)17-19-41(37)43(42)39-15-6-4-13-35(39)36-14-5-7-16-40(36)43/h1-24,26-27H;2*1-26H. The maximum Gasteiger partial charge on any atom is 0.141 e. The highest BCUT2D eigenvalue weighted by molar-refractivity contribution is 6.02. The summed E-state index contributed by atoms with van der Waals surface area (Å²) in [5.74, 6) is 0. The van der Waals surface area contributed by atoms with Gasteiger partial charge in [-0.1, -0.05) is 364 Å². The molecule has 21 aromatic rings. The summed E-state index contributed by atoms with van der Waals surface area (Å²) in [4.78, 5) is 13.0. The van der Waals surface area contributed by atoms with Gasteiger partial charge in [0, 0.05) is 35.9 Å². The van der Waals surface area contributed by atoms with Crippen molar-refractivity contribution >= 4 is 0 Å². The van der Waals surface area contributed by atoms with Crippen LogP contribution in [-0.4, -0.2) is 15.0 Å². The van der Waals surface area contributed by atoms with E-state index in [1.807, 2.05) is 30.5 Å². The van der Waals surface area contributed by atoms with Crippen LogP contribution >= 0.6 is 0 Å². The number of hydrogen-bond donors (Lipinski definition) is 0. The fraction of sp³-hybridized carbons (Fsp3) is 0.0233. The van der Waals surface area contributed by atoms with Gasteiger partial charge in [0.25, 0.3) is 0 Å². The van der Waals surface area contributed by atoms with E-state index in [0.717, 1.165) is 66.9 Å². The summed E-state index contributed by atoms with van der Waals surface area (Å²) >= 11 is 0. The smallest absolute Gasteiger partial charge is 0.141 e. The van der Waals surface area contributed by atoms with Gasteiger partial charge >= 0.3 is 0 Å². The molecule has 6 aliphatic carbocycles. The van der Waals surface area contributed by atoms with Crippen molar-refractivity contribution in [3.8, 4) is 185 Å². The van der Waals surface area contributed by atoms with Crippen LogP contribution in [0.25, 0.3) is 167 Å². The molecule has 3 aromatic heterocycles. The van der Waals surface area contributed by atoms with Gasteiger partial charge in [-0.25, -0.2) is 4.98 Å². The Hall–Kier alpha value is -18.1. The summed E-state index contributed by atoms with van der Waals surface area (Å²) in [7, 11) is 0. The molecule has 6 nitrogen and oxygen atoms in total. The lowest BCUT2D eigenvalue weighted by Gasteiger charge is -2.30. The molecule has 0 bridgehead atoms. The summed E-state index contributed by atoms with van der Waals surface area (Å²) < 4.78 is 0. The van der Waals surface area contributed by atoms with Crippen molar-refractivity contribution in [3.05, 3.63) is 557 Å². The molecule has 0 saturated heterocycles. The first kappa shape index (κ1) is 79.1. The third-order valence-corrected chi connectivity index (χ3v) is 28.8. The SMILES string of the molecule is N#Cc1cc(-c2cccc(-c3ccc4c(c3)-c3cc(-c5ccccc5)ccc3C43c4ccccc4-c4ccccc43)c2)ccn1.N#Cc1ccnc(-c2cccc(-c3ccc4c(c3)-c3cc(-c5ccccc5)ccc3C43c4ccccc4-c4ccccc43)c2)c1.N#Cc1cncc(-c2cccc(-c3ccc4c(c3)-c3cc(-c5ccccc5)ccc3C43c4ccccc4-c4ccccc43)c2)c1. The van der Waals surface area contributed by atoms with E-state index in [2.05, 4.69) is 452 Å². The largest absolute Gasteiger partial charge is 0.263 e. The quantitative estimate of drug-likeness (QED) is 0.142. The van der Waals surface area contributed by atoms with Gasteiger partial charge in [-0.3, -0.25) is 9.97 Å². The highest BCUT2D eigenvalue weighted by Crippen LogP contribution is 2.67. The van der Waals surface area contributed by atoms with Crippen LogP contribution in [0.1, 0.15) is 83.6 Å². The van der Waals surface area contributed by atoms with Gasteiger partial charge in [-0.2, -0.15) is 15.8 Å². The summed E-state index contributed by atoms with van der Waals surface area (Å²) in [5, 5.41) is 28.3. The van der Waals surface area contributed by atoms with E-state index in [9.17, 15) is 15.8 Å². The van der Waals surface area contributed by atoms with E-state index in [1.165, 1.54) is 167 Å². The van der Waals surface area contributed by atoms with Crippen LogP contribution in [0.5, 0.6) is 0 Å². The minimum atomic E-state index is -0.380. The Kier molecular flexibility index (Phi) is 18.7. The lowest BCUT2D eigenvalue weighted by Crippen LogP contribution is -2.25. The number of nitriles is 3. The van der Waals surface area contributed by atoms with Gasteiger partial charge in [0.2, 0.25) is 0 Å². The second kappa shape index (κ2) is 31.9. The molecule has 27 rings (SSSR count). The number of rotatable bonds is 9. The average molecular weight is 1710 g/mol.